The zero-order chi connectivity index (χ0) is 15.5. The summed E-state index contributed by atoms with van der Waals surface area (Å²) in [7, 11) is 0. The number of nitrogens with zero attached hydrogens (tertiary/aromatic N) is 1. The minimum Gasteiger partial charge on any atom is -0.361 e. The molecule has 4 nitrogen and oxygen atoms in total. The molecule has 0 spiro atoms. The lowest BCUT2D eigenvalue weighted by molar-refractivity contribution is 0.628. The standard InChI is InChI=1S/C17H14FN3O/c1-12-16(11-19-14-7-5-6-13(18)10-14)17(22)21(20-12)15-8-3-2-4-9-15/h2-11,19-20H,1H2/b16-11-. The van der Waals surface area contributed by atoms with Crippen molar-refractivity contribution in [2.75, 3.05) is 5.32 Å². The molecule has 0 aliphatic carbocycles. The monoisotopic (exact) mass is 295 g/mol. The molecule has 0 bridgehead atoms. The second-order valence-corrected chi connectivity index (χ2v) is 4.78. The molecule has 2 N–H and O–H groups in total. The average molecular weight is 295 g/mol. The summed E-state index contributed by atoms with van der Waals surface area (Å²) in [6.07, 6.45) is 1.52. The molecule has 0 aliphatic heterocycles. The van der Waals surface area contributed by atoms with Crippen LogP contribution in [0.5, 0.6) is 0 Å². The number of para-hydroxylation sites is 1. The Morgan fingerprint density at radius 3 is 2.64 bits per heavy atom. The van der Waals surface area contributed by atoms with Crippen LogP contribution in [0.2, 0.25) is 0 Å². The van der Waals surface area contributed by atoms with Crippen LogP contribution in [0.4, 0.5) is 10.1 Å². The third-order valence-corrected chi connectivity index (χ3v) is 3.23. The molecule has 22 heavy (non-hydrogen) atoms. The molecule has 0 radical (unpaired) electrons. The lowest BCUT2D eigenvalue weighted by Crippen LogP contribution is -2.34. The number of aromatic amines is 1. The van der Waals surface area contributed by atoms with Crippen molar-refractivity contribution < 1.29 is 4.39 Å². The summed E-state index contributed by atoms with van der Waals surface area (Å²) in [5.41, 5.74) is 1.06. The zero-order valence-corrected chi connectivity index (χ0v) is 11.7. The van der Waals surface area contributed by atoms with Gasteiger partial charge in [0.05, 0.1) is 16.3 Å². The molecule has 0 fully saturated rings. The van der Waals surface area contributed by atoms with Crippen molar-refractivity contribution in [1.29, 1.82) is 0 Å². The Balaban J connectivity index is 2.02. The Morgan fingerprint density at radius 2 is 1.91 bits per heavy atom. The van der Waals surface area contributed by atoms with Crippen molar-refractivity contribution in [2.45, 2.75) is 0 Å². The number of hydrogen-bond acceptors (Lipinski definition) is 2. The smallest absolute Gasteiger partial charge is 0.280 e. The van der Waals surface area contributed by atoms with Gasteiger partial charge >= 0.3 is 0 Å². The first-order valence-corrected chi connectivity index (χ1v) is 6.73. The Morgan fingerprint density at radius 1 is 1.14 bits per heavy atom. The van der Waals surface area contributed by atoms with Crippen LogP contribution in [0.1, 0.15) is 0 Å². The topological polar surface area (TPSA) is 49.8 Å². The largest absolute Gasteiger partial charge is 0.361 e. The molecule has 5 heteroatoms. The molecule has 0 aliphatic rings. The third-order valence-electron chi connectivity index (χ3n) is 3.23. The maximum absolute atomic E-state index is 13.1. The predicted molar refractivity (Wildman–Crippen MR) is 85.6 cm³/mol. The van der Waals surface area contributed by atoms with Gasteiger partial charge in [0.15, 0.2) is 0 Å². The Kier molecular flexibility index (Phi) is 3.62. The number of benzene rings is 2. The summed E-state index contributed by atoms with van der Waals surface area (Å²) in [5.74, 6) is -0.344. The van der Waals surface area contributed by atoms with Crippen molar-refractivity contribution in [1.82, 2.24) is 9.78 Å². The summed E-state index contributed by atoms with van der Waals surface area (Å²) in [5, 5.41) is 6.71. The number of nitrogens with one attached hydrogen (secondary N) is 2. The molecule has 3 aromatic rings. The van der Waals surface area contributed by atoms with Crippen LogP contribution in [0.25, 0.3) is 18.5 Å². The molecule has 0 saturated heterocycles. The van der Waals surface area contributed by atoms with Crippen LogP contribution < -0.4 is 21.4 Å². The molecule has 1 heterocycles. The van der Waals surface area contributed by atoms with Gasteiger partial charge in [-0.25, -0.2) is 9.07 Å². The average Bonchev–Trinajstić information content (AvgIpc) is 2.81. The zero-order valence-electron chi connectivity index (χ0n) is 11.7. The molecule has 3 rings (SSSR count). The summed E-state index contributed by atoms with van der Waals surface area (Å²) in [6, 6.07) is 15.2. The summed E-state index contributed by atoms with van der Waals surface area (Å²) in [6.45, 7) is 3.84. The van der Waals surface area contributed by atoms with Crippen LogP contribution >= 0.6 is 0 Å². The fourth-order valence-corrected chi connectivity index (χ4v) is 2.14. The summed E-state index contributed by atoms with van der Waals surface area (Å²) in [4.78, 5) is 12.4. The highest BCUT2D eigenvalue weighted by Gasteiger charge is 2.03. The Bertz CT molecular complexity index is 958. The third kappa shape index (κ3) is 2.69. The minimum atomic E-state index is -0.344. The first-order chi connectivity index (χ1) is 10.6. The number of aromatic nitrogens is 2. The quantitative estimate of drug-likeness (QED) is 0.770. The van der Waals surface area contributed by atoms with E-state index < -0.39 is 0 Å². The summed E-state index contributed by atoms with van der Waals surface area (Å²) < 4.78 is 14.6. The number of halogens is 1. The second-order valence-electron chi connectivity index (χ2n) is 4.78. The van der Waals surface area contributed by atoms with Crippen molar-refractivity contribution in [3.63, 3.8) is 0 Å². The van der Waals surface area contributed by atoms with Gasteiger partial charge in [-0.05, 0) is 30.3 Å². The van der Waals surface area contributed by atoms with E-state index in [0.717, 1.165) is 5.69 Å². The van der Waals surface area contributed by atoms with Gasteiger partial charge in [-0.3, -0.25) is 9.89 Å². The van der Waals surface area contributed by atoms with Gasteiger partial charge in [-0.15, -0.1) is 0 Å². The number of H-pyrrole nitrogens is 1. The molecule has 110 valence electrons. The first-order valence-electron chi connectivity index (χ1n) is 6.73. The highest BCUT2D eigenvalue weighted by molar-refractivity contribution is 5.54. The molecule has 0 saturated carbocycles. The summed E-state index contributed by atoms with van der Waals surface area (Å²) >= 11 is 0. The van der Waals surface area contributed by atoms with E-state index in [0.29, 0.717) is 16.3 Å². The number of anilines is 1. The first kappa shape index (κ1) is 13.9. The number of rotatable bonds is 3. The van der Waals surface area contributed by atoms with Crippen LogP contribution in [-0.2, 0) is 0 Å². The van der Waals surface area contributed by atoms with Gasteiger partial charge in [0.1, 0.15) is 5.82 Å². The van der Waals surface area contributed by atoms with Gasteiger partial charge in [0.25, 0.3) is 5.56 Å². The maximum Gasteiger partial charge on any atom is 0.280 e. The highest BCUT2D eigenvalue weighted by Crippen LogP contribution is 2.08. The maximum atomic E-state index is 13.1. The molecular weight excluding hydrogens is 281 g/mol. The lowest BCUT2D eigenvalue weighted by Gasteiger charge is -1.99. The van der Waals surface area contributed by atoms with E-state index in [-0.39, 0.29) is 11.4 Å². The molecule has 0 amide bonds. The van der Waals surface area contributed by atoms with E-state index in [2.05, 4.69) is 17.0 Å². The van der Waals surface area contributed by atoms with Crippen LogP contribution in [0, 0.1) is 5.82 Å². The molecule has 0 atom stereocenters. The van der Waals surface area contributed by atoms with Gasteiger partial charge in [-0.2, -0.15) is 0 Å². The van der Waals surface area contributed by atoms with E-state index in [4.69, 9.17) is 0 Å². The SMILES string of the molecule is C=c1[nH]n(-c2ccccc2)c(=O)/c1=C\Nc1cccc(F)c1. The van der Waals surface area contributed by atoms with Gasteiger partial charge in [-0.1, -0.05) is 30.8 Å². The van der Waals surface area contributed by atoms with E-state index in [9.17, 15) is 9.18 Å². The van der Waals surface area contributed by atoms with Crippen molar-refractivity contribution in [2.24, 2.45) is 0 Å². The molecule has 0 unspecified atom stereocenters. The molecule has 1 aromatic heterocycles. The highest BCUT2D eigenvalue weighted by atomic mass is 19.1. The normalized spacial score (nSPS) is 11.6. The fourth-order valence-electron chi connectivity index (χ4n) is 2.14. The van der Waals surface area contributed by atoms with Crippen LogP contribution in [0.15, 0.2) is 59.4 Å². The van der Waals surface area contributed by atoms with Crippen molar-refractivity contribution in [3.8, 4) is 5.69 Å². The number of hydrogen-bond donors (Lipinski definition) is 2. The second kappa shape index (κ2) is 5.73. The van der Waals surface area contributed by atoms with Gasteiger partial charge < -0.3 is 5.32 Å². The predicted octanol–water partition coefficient (Wildman–Crippen LogP) is 1.57. The van der Waals surface area contributed by atoms with Gasteiger partial charge in [0.2, 0.25) is 0 Å². The lowest BCUT2D eigenvalue weighted by atomic mass is 10.3. The molecule has 2 aromatic carbocycles. The fraction of sp³-hybridized carbons (Fsp3) is 0. The Labute approximate surface area is 125 Å². The Hall–Kier alpha value is -3.08. The van der Waals surface area contributed by atoms with E-state index in [1.807, 2.05) is 30.3 Å². The van der Waals surface area contributed by atoms with Crippen LogP contribution in [0.3, 0.4) is 0 Å². The van der Waals surface area contributed by atoms with Gasteiger partial charge in [0, 0.05) is 11.9 Å². The molecular formula is C17H14FN3O. The van der Waals surface area contributed by atoms with Crippen molar-refractivity contribution >= 4 is 18.5 Å². The van der Waals surface area contributed by atoms with Crippen molar-refractivity contribution in [3.05, 3.63) is 81.3 Å². The van der Waals surface area contributed by atoms with E-state index in [1.54, 1.807) is 12.1 Å². The van der Waals surface area contributed by atoms with E-state index >= 15 is 0 Å². The van der Waals surface area contributed by atoms with E-state index in [1.165, 1.54) is 23.0 Å². The minimum absolute atomic E-state index is 0.222. The van der Waals surface area contributed by atoms with Crippen LogP contribution in [-0.4, -0.2) is 9.78 Å².